The molecule has 0 atom stereocenters. The molecular weight excluding hydrogens is 792 g/mol. The van der Waals surface area contributed by atoms with E-state index >= 15 is 0 Å². The normalized spacial score (nSPS) is 16.4. The molecule has 8 rings (SSSR count). The number of hydrogen-bond acceptors (Lipinski definition) is 12. The van der Waals surface area contributed by atoms with Crippen LogP contribution in [0.4, 0.5) is 34.9 Å². The van der Waals surface area contributed by atoms with E-state index in [1.54, 1.807) is 33.9 Å². The van der Waals surface area contributed by atoms with Crippen molar-refractivity contribution in [1.82, 2.24) is 39.5 Å². The molecule has 2 fully saturated rings. The van der Waals surface area contributed by atoms with Gasteiger partial charge < -0.3 is 30.5 Å². The van der Waals surface area contributed by atoms with Crippen LogP contribution in [0.2, 0.25) is 5.02 Å². The topological polar surface area (TPSA) is 176 Å². The number of oxazole rings is 2. The molecule has 0 spiro atoms. The van der Waals surface area contributed by atoms with E-state index in [0.717, 1.165) is 28.5 Å². The fourth-order valence-electron chi connectivity index (χ4n) is 6.85. The second kappa shape index (κ2) is 19.1. The fraction of sp³-hybridized carbons (Fsp3) is 0.450. The minimum atomic E-state index is -2.56. The van der Waals surface area contributed by atoms with Crippen LogP contribution >= 0.6 is 11.6 Å². The van der Waals surface area contributed by atoms with Crippen LogP contribution in [0, 0.1) is 27.7 Å². The highest BCUT2D eigenvalue weighted by Crippen LogP contribution is 2.36. The van der Waals surface area contributed by atoms with Gasteiger partial charge in [-0.3, -0.25) is 0 Å². The van der Waals surface area contributed by atoms with Crippen molar-refractivity contribution in [2.45, 2.75) is 116 Å². The Balaban J connectivity index is 0.000000173. The Morgan fingerprint density at radius 1 is 0.695 bits per heavy atom. The first-order valence-electron chi connectivity index (χ1n) is 19.4. The number of nitrogens with one attached hydrogen (secondary N) is 3. The lowest BCUT2D eigenvalue weighted by Crippen LogP contribution is -2.32. The van der Waals surface area contributed by atoms with Gasteiger partial charge in [-0.2, -0.15) is 10.2 Å². The summed E-state index contributed by atoms with van der Waals surface area (Å²) >= 11 is 6.18. The summed E-state index contributed by atoms with van der Waals surface area (Å²) in [4.78, 5) is 17.1. The molecule has 0 aliphatic heterocycles. The molecule has 14 nitrogen and oxygen atoms in total. The predicted octanol–water partition coefficient (Wildman–Crippen LogP) is 9.13. The van der Waals surface area contributed by atoms with E-state index in [0.29, 0.717) is 78.8 Å². The van der Waals surface area contributed by atoms with Gasteiger partial charge in [-0.1, -0.05) is 11.6 Å². The number of pyridine rings is 2. The van der Waals surface area contributed by atoms with E-state index in [1.165, 1.54) is 12.5 Å². The maximum atomic E-state index is 13.5. The molecule has 0 radical (unpaired) electrons. The van der Waals surface area contributed by atoms with Crippen molar-refractivity contribution in [3.63, 3.8) is 0 Å². The standard InChI is InChI=1S/C20H24F2N6O.C16H19ClF2N4.C4H6N2O/c1-13-9-14(2)28(27-13)18-11-16(24-12-19-23-7-8-29-19)10-17(26-18)25-15-3-5-20(21,22)6-4-15;1-10-7-11(2)23(22-10)15-9-12(17)8-14(21-15)20-13-3-5-16(18,19)6-4-13;5-3-4-6-1-2-7-4/h7-11,15H,3-6,12H2,1-2H3,(H2,24,25,26);7-9,13H,3-6H2,1-2H3,(H,20,21);1-2H,3,5H2. The van der Waals surface area contributed by atoms with Gasteiger partial charge in [-0.15, -0.1) is 0 Å². The third-order valence-electron chi connectivity index (χ3n) is 9.77. The molecule has 2 saturated carbocycles. The molecule has 59 heavy (non-hydrogen) atoms. The van der Waals surface area contributed by atoms with Gasteiger partial charge in [-0.05, 0) is 71.6 Å². The molecule has 5 N–H and O–H groups in total. The Morgan fingerprint density at radius 3 is 1.59 bits per heavy atom. The van der Waals surface area contributed by atoms with Gasteiger partial charge in [0.25, 0.3) is 0 Å². The Kier molecular flexibility index (Phi) is 13.9. The summed E-state index contributed by atoms with van der Waals surface area (Å²) < 4.78 is 66.9. The summed E-state index contributed by atoms with van der Waals surface area (Å²) in [6.45, 7) is 8.55. The van der Waals surface area contributed by atoms with Gasteiger partial charge in [0.15, 0.2) is 11.6 Å². The SMILES string of the molecule is Cc1cc(C)n(-c2cc(Cl)cc(NC3CCC(F)(F)CC3)n2)n1.Cc1cc(C)n(-c2cc(NCc3ncco3)cc(NC3CCC(F)(F)CC3)n2)n1.NCc1ncco1. The smallest absolute Gasteiger partial charge is 0.248 e. The molecule has 19 heteroatoms. The molecule has 0 aromatic carbocycles. The summed E-state index contributed by atoms with van der Waals surface area (Å²) in [6, 6.07) is 11.1. The number of alkyl halides is 4. The summed E-state index contributed by atoms with van der Waals surface area (Å²) in [5.41, 5.74) is 9.66. The molecule has 0 saturated heterocycles. The number of aryl methyl sites for hydroxylation is 4. The average molecular weight is 841 g/mol. The second-order valence-electron chi connectivity index (χ2n) is 14.8. The minimum absolute atomic E-state index is 0.00565. The van der Waals surface area contributed by atoms with Crippen LogP contribution in [0.15, 0.2) is 70.2 Å². The minimum Gasteiger partial charge on any atom is -0.448 e. The molecule has 2 aliphatic rings. The zero-order valence-corrected chi connectivity index (χ0v) is 34.1. The highest BCUT2D eigenvalue weighted by Gasteiger charge is 2.36. The Hall–Kier alpha value is -5.49. The monoisotopic (exact) mass is 840 g/mol. The van der Waals surface area contributed by atoms with E-state index in [4.69, 9.17) is 26.2 Å². The van der Waals surface area contributed by atoms with E-state index < -0.39 is 11.8 Å². The first-order chi connectivity index (χ1) is 28.1. The Bertz CT molecular complexity index is 2220. The average Bonchev–Trinajstić information content (AvgIpc) is 4.02. The fourth-order valence-corrected chi connectivity index (χ4v) is 7.05. The quantitative estimate of drug-likeness (QED) is 0.0965. The molecule has 2 aliphatic carbocycles. The van der Waals surface area contributed by atoms with Crippen molar-refractivity contribution in [1.29, 1.82) is 0 Å². The van der Waals surface area contributed by atoms with Crippen LogP contribution in [0.25, 0.3) is 11.6 Å². The van der Waals surface area contributed by atoms with Gasteiger partial charge >= 0.3 is 0 Å². The van der Waals surface area contributed by atoms with Crippen molar-refractivity contribution >= 4 is 28.9 Å². The van der Waals surface area contributed by atoms with Gasteiger partial charge in [0.1, 0.15) is 24.2 Å². The lowest BCUT2D eigenvalue weighted by Gasteiger charge is -2.29. The lowest BCUT2D eigenvalue weighted by atomic mass is 9.92. The van der Waals surface area contributed by atoms with Crippen molar-refractivity contribution < 1.29 is 26.4 Å². The van der Waals surface area contributed by atoms with Crippen LogP contribution in [0.3, 0.4) is 0 Å². The van der Waals surface area contributed by atoms with E-state index in [-0.39, 0.29) is 37.8 Å². The van der Waals surface area contributed by atoms with E-state index in [2.05, 4.69) is 46.1 Å². The number of nitrogens with zero attached hydrogens (tertiary/aromatic N) is 8. The molecule has 0 amide bonds. The number of nitrogens with two attached hydrogens (primary N) is 1. The number of rotatable bonds is 10. The molecule has 0 unspecified atom stereocenters. The first kappa shape index (κ1) is 43.1. The first-order valence-corrected chi connectivity index (χ1v) is 19.8. The van der Waals surface area contributed by atoms with Crippen LogP contribution < -0.4 is 21.7 Å². The van der Waals surface area contributed by atoms with Crippen LogP contribution in [0.5, 0.6) is 0 Å². The van der Waals surface area contributed by atoms with Crippen LogP contribution in [-0.2, 0) is 13.1 Å². The molecule has 0 bridgehead atoms. The van der Waals surface area contributed by atoms with Crippen LogP contribution in [-0.4, -0.2) is 63.4 Å². The molecule has 6 heterocycles. The van der Waals surface area contributed by atoms with Crippen molar-refractivity contribution in [2.24, 2.45) is 5.73 Å². The van der Waals surface area contributed by atoms with Gasteiger partial charge in [-0.25, -0.2) is 46.9 Å². The van der Waals surface area contributed by atoms with Crippen molar-refractivity contribution in [3.8, 4) is 11.6 Å². The zero-order chi connectivity index (χ0) is 42.2. The van der Waals surface area contributed by atoms with Crippen molar-refractivity contribution in [3.05, 3.63) is 101 Å². The summed E-state index contributed by atoms with van der Waals surface area (Å²) in [7, 11) is 0. The van der Waals surface area contributed by atoms with Crippen LogP contribution in [0.1, 0.15) is 85.9 Å². The predicted molar refractivity (Wildman–Crippen MR) is 217 cm³/mol. The Labute approximate surface area is 344 Å². The highest BCUT2D eigenvalue weighted by atomic mass is 35.5. The number of halogens is 5. The maximum Gasteiger partial charge on any atom is 0.248 e. The largest absolute Gasteiger partial charge is 0.448 e. The molecule has 6 aromatic rings. The third kappa shape index (κ3) is 12.5. The maximum absolute atomic E-state index is 13.5. The van der Waals surface area contributed by atoms with E-state index in [9.17, 15) is 17.6 Å². The lowest BCUT2D eigenvalue weighted by molar-refractivity contribution is -0.0366. The number of anilines is 3. The highest BCUT2D eigenvalue weighted by molar-refractivity contribution is 6.31. The molecule has 316 valence electrons. The molecule has 6 aromatic heterocycles. The zero-order valence-electron chi connectivity index (χ0n) is 33.4. The Morgan fingerprint density at radius 2 is 1.17 bits per heavy atom. The van der Waals surface area contributed by atoms with Gasteiger partial charge in [0.05, 0.1) is 36.9 Å². The van der Waals surface area contributed by atoms with Crippen molar-refractivity contribution in [2.75, 3.05) is 16.0 Å². The van der Waals surface area contributed by atoms with Gasteiger partial charge in [0.2, 0.25) is 23.6 Å². The molecular formula is C40H49ClF4N12O2. The number of hydrogen-bond donors (Lipinski definition) is 4. The number of aromatic nitrogens is 8. The third-order valence-corrected chi connectivity index (χ3v) is 9.98. The van der Waals surface area contributed by atoms with Gasteiger partial charge in [0, 0.05) is 78.1 Å². The second-order valence-corrected chi connectivity index (χ2v) is 15.2. The summed E-state index contributed by atoms with van der Waals surface area (Å²) in [6.07, 6.45) is 7.50. The summed E-state index contributed by atoms with van der Waals surface area (Å²) in [5, 5.41) is 19.3. The van der Waals surface area contributed by atoms with E-state index in [1.807, 2.05) is 52.0 Å². The summed E-state index contributed by atoms with van der Waals surface area (Å²) in [5.74, 6) is -1.45.